The SMILES string of the molecule is Cc1cc(-c2ccc(N=Cc3ccc(Br)c([N+](=O)[O-])c3)c(C)c2)ccc1N=Cc1ccc(Br)c([N+](=O)[O-])c1. The number of hydrogen-bond donors (Lipinski definition) is 0. The third-order valence-corrected chi connectivity index (χ3v) is 7.11. The fraction of sp³-hybridized carbons (Fsp3) is 0.0714. The van der Waals surface area contributed by atoms with E-state index < -0.39 is 9.85 Å². The van der Waals surface area contributed by atoms with Crippen LogP contribution in [0, 0.1) is 34.1 Å². The fourth-order valence-corrected chi connectivity index (χ4v) is 4.53. The van der Waals surface area contributed by atoms with Crippen molar-refractivity contribution in [3.8, 4) is 11.1 Å². The van der Waals surface area contributed by atoms with E-state index in [4.69, 9.17) is 0 Å². The molecule has 0 heterocycles. The summed E-state index contributed by atoms with van der Waals surface area (Å²) in [5.74, 6) is 0. The molecular formula is C28H20Br2N4O4. The molecule has 10 heteroatoms. The first kappa shape index (κ1) is 27.0. The molecule has 0 unspecified atom stereocenters. The summed E-state index contributed by atoms with van der Waals surface area (Å²) < 4.78 is 0.842. The molecule has 0 bridgehead atoms. The minimum absolute atomic E-state index is 0.0117. The lowest BCUT2D eigenvalue weighted by Crippen LogP contribution is -1.91. The molecule has 0 saturated carbocycles. The summed E-state index contributed by atoms with van der Waals surface area (Å²) in [6, 6.07) is 21.6. The van der Waals surface area contributed by atoms with Crippen molar-refractivity contribution in [3.05, 3.63) is 124 Å². The molecule has 0 aliphatic rings. The molecule has 0 aliphatic heterocycles. The number of aryl methyl sites for hydroxylation is 2. The van der Waals surface area contributed by atoms with Crippen LogP contribution in [0.15, 0.2) is 91.7 Å². The van der Waals surface area contributed by atoms with Crippen molar-refractivity contribution in [3.63, 3.8) is 0 Å². The van der Waals surface area contributed by atoms with Gasteiger partial charge in [-0.2, -0.15) is 0 Å². The van der Waals surface area contributed by atoms with Crippen LogP contribution in [0.5, 0.6) is 0 Å². The van der Waals surface area contributed by atoms with Gasteiger partial charge in [0.15, 0.2) is 0 Å². The van der Waals surface area contributed by atoms with E-state index >= 15 is 0 Å². The number of benzene rings is 4. The van der Waals surface area contributed by atoms with E-state index in [9.17, 15) is 20.2 Å². The van der Waals surface area contributed by atoms with Crippen molar-refractivity contribution in [1.29, 1.82) is 0 Å². The summed E-state index contributed by atoms with van der Waals surface area (Å²) in [6.45, 7) is 3.92. The van der Waals surface area contributed by atoms with Crippen molar-refractivity contribution >= 4 is 67.0 Å². The zero-order chi connectivity index (χ0) is 27.4. The van der Waals surface area contributed by atoms with Gasteiger partial charge in [-0.3, -0.25) is 30.2 Å². The van der Waals surface area contributed by atoms with Crippen LogP contribution in [0.1, 0.15) is 22.3 Å². The lowest BCUT2D eigenvalue weighted by Gasteiger charge is -2.08. The molecule has 0 fully saturated rings. The molecule has 4 aromatic carbocycles. The maximum absolute atomic E-state index is 11.2. The van der Waals surface area contributed by atoms with Crippen molar-refractivity contribution < 1.29 is 9.85 Å². The monoisotopic (exact) mass is 634 g/mol. The highest BCUT2D eigenvalue weighted by molar-refractivity contribution is 9.11. The number of hydrogen-bond acceptors (Lipinski definition) is 6. The van der Waals surface area contributed by atoms with Crippen molar-refractivity contribution in [2.45, 2.75) is 13.8 Å². The molecular weight excluding hydrogens is 616 g/mol. The minimum Gasteiger partial charge on any atom is -0.258 e. The average molecular weight is 636 g/mol. The Kier molecular flexibility index (Phi) is 8.23. The number of aliphatic imine (C=N–C) groups is 2. The molecule has 0 spiro atoms. The zero-order valence-corrected chi connectivity index (χ0v) is 23.4. The molecule has 4 rings (SSSR count). The quantitative estimate of drug-likeness (QED) is 0.115. The van der Waals surface area contributed by atoms with Gasteiger partial charge >= 0.3 is 0 Å². The first-order valence-corrected chi connectivity index (χ1v) is 12.9. The second kappa shape index (κ2) is 11.6. The lowest BCUT2D eigenvalue weighted by molar-refractivity contribution is -0.385. The van der Waals surface area contributed by atoms with Gasteiger partial charge in [-0.1, -0.05) is 24.3 Å². The third kappa shape index (κ3) is 6.27. The second-order valence-corrected chi connectivity index (χ2v) is 10.2. The van der Waals surface area contributed by atoms with Crippen LogP contribution < -0.4 is 0 Å². The van der Waals surface area contributed by atoms with Crippen LogP contribution in [0.2, 0.25) is 0 Å². The molecule has 0 aliphatic carbocycles. The van der Waals surface area contributed by atoms with Crippen LogP contribution >= 0.6 is 31.9 Å². The van der Waals surface area contributed by atoms with E-state index in [0.29, 0.717) is 20.1 Å². The Morgan fingerprint density at radius 1 is 0.632 bits per heavy atom. The first-order chi connectivity index (χ1) is 18.1. The molecule has 190 valence electrons. The Hall–Kier alpha value is -4.02. The Bertz CT molecular complexity index is 1510. The summed E-state index contributed by atoms with van der Waals surface area (Å²) in [6.07, 6.45) is 3.22. The molecule has 0 atom stereocenters. The van der Waals surface area contributed by atoms with E-state index in [1.165, 1.54) is 12.1 Å². The Morgan fingerprint density at radius 3 is 1.37 bits per heavy atom. The predicted octanol–water partition coefficient (Wildman–Crippen LogP) is 8.81. The van der Waals surface area contributed by atoms with Crippen LogP contribution in [0.4, 0.5) is 22.7 Å². The van der Waals surface area contributed by atoms with Gasteiger partial charge in [0.25, 0.3) is 11.4 Å². The number of halogens is 2. The van der Waals surface area contributed by atoms with Crippen molar-refractivity contribution in [2.24, 2.45) is 9.98 Å². The molecule has 0 aromatic heterocycles. The van der Waals surface area contributed by atoms with Gasteiger partial charge in [-0.15, -0.1) is 0 Å². The summed E-state index contributed by atoms with van der Waals surface area (Å²) in [5.41, 5.74) is 6.72. The largest absolute Gasteiger partial charge is 0.284 e. The van der Waals surface area contributed by atoms with Crippen LogP contribution in [-0.4, -0.2) is 22.3 Å². The van der Waals surface area contributed by atoms with Gasteiger partial charge in [0.2, 0.25) is 0 Å². The van der Waals surface area contributed by atoms with E-state index in [1.54, 1.807) is 36.7 Å². The van der Waals surface area contributed by atoms with Gasteiger partial charge < -0.3 is 0 Å². The van der Waals surface area contributed by atoms with Gasteiger partial charge in [0.05, 0.1) is 30.2 Å². The number of nitrogens with zero attached hydrogens (tertiary/aromatic N) is 4. The number of nitro groups is 2. The second-order valence-electron chi connectivity index (χ2n) is 8.45. The molecule has 0 radical (unpaired) electrons. The van der Waals surface area contributed by atoms with Gasteiger partial charge in [0.1, 0.15) is 0 Å². The van der Waals surface area contributed by atoms with Crippen LogP contribution in [0.3, 0.4) is 0 Å². The smallest absolute Gasteiger partial charge is 0.258 e. The highest BCUT2D eigenvalue weighted by Gasteiger charge is 2.13. The minimum atomic E-state index is -0.438. The van der Waals surface area contributed by atoms with Gasteiger partial charge in [-0.05, 0) is 115 Å². The zero-order valence-electron chi connectivity index (χ0n) is 20.3. The van der Waals surface area contributed by atoms with Crippen LogP contribution in [-0.2, 0) is 0 Å². The molecule has 4 aromatic rings. The van der Waals surface area contributed by atoms with E-state index in [-0.39, 0.29) is 11.4 Å². The van der Waals surface area contributed by atoms with Gasteiger partial charge in [-0.25, -0.2) is 0 Å². The normalized spacial score (nSPS) is 11.4. The van der Waals surface area contributed by atoms with E-state index in [2.05, 4.69) is 41.8 Å². The van der Waals surface area contributed by atoms with E-state index in [1.807, 2.05) is 50.2 Å². The highest BCUT2D eigenvalue weighted by Crippen LogP contribution is 2.31. The topological polar surface area (TPSA) is 111 Å². The molecule has 0 saturated heterocycles. The standard InChI is InChI=1S/C28H20Br2N4O4/c1-17-11-21(5-9-25(17)31-15-19-3-7-23(29)27(13-19)33(35)36)22-6-10-26(18(2)12-22)32-16-20-4-8-24(30)28(14-20)34(37)38/h3-16H,1-2H3. The molecule has 0 amide bonds. The summed E-state index contributed by atoms with van der Waals surface area (Å²) in [5, 5.41) is 22.3. The summed E-state index contributed by atoms with van der Waals surface area (Å²) in [7, 11) is 0. The average Bonchev–Trinajstić information content (AvgIpc) is 2.88. The molecule has 8 nitrogen and oxygen atoms in total. The summed E-state index contributed by atoms with van der Waals surface area (Å²) in [4.78, 5) is 30.5. The first-order valence-electron chi connectivity index (χ1n) is 11.3. The highest BCUT2D eigenvalue weighted by atomic mass is 79.9. The Balaban J connectivity index is 1.53. The molecule has 38 heavy (non-hydrogen) atoms. The molecule has 0 N–H and O–H groups in total. The Labute approximate surface area is 235 Å². The van der Waals surface area contributed by atoms with Gasteiger partial charge in [0, 0.05) is 24.6 Å². The Morgan fingerprint density at radius 2 is 1.03 bits per heavy atom. The summed E-state index contributed by atoms with van der Waals surface area (Å²) >= 11 is 6.38. The number of rotatable bonds is 7. The van der Waals surface area contributed by atoms with Crippen LogP contribution in [0.25, 0.3) is 11.1 Å². The lowest BCUT2D eigenvalue weighted by atomic mass is 10.00. The maximum Gasteiger partial charge on any atom is 0.284 e. The predicted molar refractivity (Wildman–Crippen MR) is 157 cm³/mol. The maximum atomic E-state index is 11.2. The fourth-order valence-electron chi connectivity index (χ4n) is 3.75. The van der Waals surface area contributed by atoms with E-state index in [0.717, 1.165) is 33.6 Å². The van der Waals surface area contributed by atoms with Crippen molar-refractivity contribution in [1.82, 2.24) is 0 Å². The van der Waals surface area contributed by atoms with Crippen molar-refractivity contribution in [2.75, 3.05) is 0 Å². The number of nitro benzene ring substituents is 2. The third-order valence-electron chi connectivity index (χ3n) is 5.77.